The van der Waals surface area contributed by atoms with Crippen molar-refractivity contribution < 1.29 is 23.1 Å². The van der Waals surface area contributed by atoms with E-state index in [9.17, 15) is 13.2 Å². The predicted octanol–water partition coefficient (Wildman–Crippen LogP) is -0.763. The third-order valence-corrected chi connectivity index (χ3v) is 2.02. The molecule has 0 fully saturated rings. The molecule has 0 saturated carbocycles. The summed E-state index contributed by atoms with van der Waals surface area (Å²) in [4.78, 5) is 9.77. The standard InChI is InChI=1S/C5H9NO5S/c1-3(7)4(5(8)11-2)12(6,9)10/h7H,1-2H3,(H2,6,9,10)/b4-3+. The second-order valence-electron chi connectivity index (χ2n) is 1.95. The highest BCUT2D eigenvalue weighted by atomic mass is 32.2. The fraction of sp³-hybridized carbons (Fsp3) is 0.400. The first kappa shape index (κ1) is 10.9. The number of ether oxygens (including phenoxy) is 1. The van der Waals surface area contributed by atoms with Crippen LogP contribution in [-0.4, -0.2) is 26.6 Å². The molecule has 0 saturated heterocycles. The highest BCUT2D eigenvalue weighted by molar-refractivity contribution is 7.94. The molecule has 7 heteroatoms. The number of aliphatic hydroxyl groups excluding tert-OH is 1. The normalized spacial score (nSPS) is 13.6. The van der Waals surface area contributed by atoms with Gasteiger partial charge in [-0.2, -0.15) is 0 Å². The maximum Gasteiger partial charge on any atom is 0.354 e. The van der Waals surface area contributed by atoms with E-state index in [0.717, 1.165) is 14.0 Å². The Kier molecular flexibility index (Phi) is 3.23. The Balaban J connectivity index is 5.28. The third-order valence-electron chi connectivity index (χ3n) is 0.984. The van der Waals surface area contributed by atoms with Gasteiger partial charge >= 0.3 is 5.97 Å². The van der Waals surface area contributed by atoms with Crippen molar-refractivity contribution in [2.75, 3.05) is 7.11 Å². The van der Waals surface area contributed by atoms with Gasteiger partial charge in [0.15, 0.2) is 0 Å². The van der Waals surface area contributed by atoms with Crippen LogP contribution in [0.5, 0.6) is 0 Å². The molecule has 0 aromatic heterocycles. The van der Waals surface area contributed by atoms with Gasteiger partial charge in [0.1, 0.15) is 5.76 Å². The zero-order chi connectivity index (χ0) is 9.94. The van der Waals surface area contributed by atoms with Crippen molar-refractivity contribution in [1.82, 2.24) is 0 Å². The van der Waals surface area contributed by atoms with Crippen molar-refractivity contribution in [2.24, 2.45) is 5.14 Å². The molecule has 0 bridgehead atoms. The Bertz CT molecular complexity index is 311. The first-order valence-electron chi connectivity index (χ1n) is 2.81. The second-order valence-corrected chi connectivity index (χ2v) is 3.45. The van der Waals surface area contributed by atoms with Gasteiger partial charge in [-0.15, -0.1) is 0 Å². The summed E-state index contributed by atoms with van der Waals surface area (Å²) >= 11 is 0. The lowest BCUT2D eigenvalue weighted by Crippen LogP contribution is -2.23. The molecule has 0 aliphatic heterocycles. The zero-order valence-corrected chi connectivity index (χ0v) is 7.38. The SMILES string of the molecule is COC(=O)/C(=C(/C)O)S(N)(=O)=O. The topological polar surface area (TPSA) is 107 Å². The van der Waals surface area contributed by atoms with E-state index in [1.807, 2.05) is 0 Å². The number of hydrogen-bond acceptors (Lipinski definition) is 5. The van der Waals surface area contributed by atoms with Crippen LogP contribution >= 0.6 is 0 Å². The lowest BCUT2D eigenvalue weighted by molar-refractivity contribution is -0.135. The summed E-state index contributed by atoms with van der Waals surface area (Å²) in [5.41, 5.74) is 0. The summed E-state index contributed by atoms with van der Waals surface area (Å²) < 4.78 is 25.3. The average Bonchev–Trinajstić information content (AvgIpc) is 1.83. The Labute approximate surface area is 69.7 Å². The molecule has 0 unspecified atom stereocenters. The fourth-order valence-corrected chi connectivity index (χ4v) is 1.29. The molecule has 0 aromatic rings. The molecule has 0 amide bonds. The fourth-order valence-electron chi connectivity index (χ4n) is 0.562. The lowest BCUT2D eigenvalue weighted by Gasteiger charge is -2.02. The Morgan fingerprint density at radius 3 is 2.00 bits per heavy atom. The highest BCUT2D eigenvalue weighted by Crippen LogP contribution is 2.08. The number of carbonyl (C=O) groups is 1. The van der Waals surface area contributed by atoms with Crippen molar-refractivity contribution in [1.29, 1.82) is 0 Å². The smallest absolute Gasteiger partial charge is 0.354 e. The Hall–Kier alpha value is -1.08. The zero-order valence-electron chi connectivity index (χ0n) is 6.57. The molecule has 0 atom stereocenters. The van der Waals surface area contributed by atoms with E-state index in [-0.39, 0.29) is 0 Å². The van der Waals surface area contributed by atoms with E-state index < -0.39 is 26.7 Å². The van der Waals surface area contributed by atoms with Crippen LogP contribution in [-0.2, 0) is 19.6 Å². The number of allylic oxidation sites excluding steroid dienone is 1. The molecule has 0 aliphatic carbocycles. The van der Waals surface area contributed by atoms with Crippen LogP contribution in [0, 0.1) is 0 Å². The molecule has 0 spiro atoms. The summed E-state index contributed by atoms with van der Waals surface area (Å²) in [7, 11) is -3.24. The van der Waals surface area contributed by atoms with Crippen molar-refractivity contribution >= 4 is 16.0 Å². The summed E-state index contributed by atoms with van der Waals surface area (Å²) in [5, 5.41) is 13.4. The van der Waals surface area contributed by atoms with Crippen LogP contribution in [0.3, 0.4) is 0 Å². The van der Waals surface area contributed by atoms with Crippen LogP contribution in [0.2, 0.25) is 0 Å². The average molecular weight is 195 g/mol. The maximum atomic E-state index is 10.7. The largest absolute Gasteiger partial charge is 0.511 e. The van der Waals surface area contributed by atoms with E-state index in [4.69, 9.17) is 5.11 Å². The molecule has 0 heterocycles. The van der Waals surface area contributed by atoms with E-state index in [2.05, 4.69) is 9.88 Å². The molecule has 0 aromatic carbocycles. The number of aliphatic hydroxyl groups is 1. The quantitative estimate of drug-likeness (QED) is 0.342. The number of nitrogens with two attached hydrogens (primary N) is 1. The summed E-state index contributed by atoms with van der Waals surface area (Å²) in [6.45, 7) is 1.02. The van der Waals surface area contributed by atoms with E-state index in [0.29, 0.717) is 0 Å². The third kappa shape index (κ3) is 2.51. The minimum absolute atomic E-state index is 0.690. The Morgan fingerprint density at radius 2 is 1.92 bits per heavy atom. The molecule has 12 heavy (non-hydrogen) atoms. The van der Waals surface area contributed by atoms with Gasteiger partial charge in [-0.3, -0.25) is 0 Å². The summed E-state index contributed by atoms with van der Waals surface area (Å²) in [6, 6.07) is 0. The van der Waals surface area contributed by atoms with E-state index >= 15 is 0 Å². The van der Waals surface area contributed by atoms with Crippen molar-refractivity contribution in [3.63, 3.8) is 0 Å². The molecule has 3 N–H and O–H groups in total. The van der Waals surface area contributed by atoms with Crippen molar-refractivity contribution in [3.8, 4) is 0 Å². The van der Waals surface area contributed by atoms with Gasteiger partial charge in [-0.05, 0) is 6.92 Å². The number of primary sulfonamides is 1. The second kappa shape index (κ2) is 3.55. The van der Waals surface area contributed by atoms with Gasteiger partial charge < -0.3 is 9.84 Å². The van der Waals surface area contributed by atoms with Gasteiger partial charge in [-0.1, -0.05) is 0 Å². The number of esters is 1. The molecule has 6 nitrogen and oxygen atoms in total. The predicted molar refractivity (Wildman–Crippen MR) is 40.5 cm³/mol. The van der Waals surface area contributed by atoms with Crippen molar-refractivity contribution in [3.05, 3.63) is 10.7 Å². The van der Waals surface area contributed by atoms with E-state index in [1.54, 1.807) is 0 Å². The summed E-state index contributed by atoms with van der Waals surface area (Å²) in [6.07, 6.45) is 0. The monoisotopic (exact) mass is 195 g/mol. The van der Waals surface area contributed by atoms with Gasteiger partial charge in [0, 0.05) is 0 Å². The van der Waals surface area contributed by atoms with Crippen LogP contribution in [0.4, 0.5) is 0 Å². The minimum atomic E-state index is -4.22. The number of methoxy groups -OCH3 is 1. The van der Waals surface area contributed by atoms with Gasteiger partial charge in [0.2, 0.25) is 14.9 Å². The minimum Gasteiger partial charge on any atom is -0.511 e. The molecular formula is C5H9NO5S. The van der Waals surface area contributed by atoms with E-state index in [1.165, 1.54) is 0 Å². The van der Waals surface area contributed by atoms with Gasteiger partial charge in [0.05, 0.1) is 7.11 Å². The van der Waals surface area contributed by atoms with Crippen LogP contribution in [0.1, 0.15) is 6.92 Å². The first-order chi connectivity index (χ1) is 5.30. The van der Waals surface area contributed by atoms with Crippen LogP contribution in [0.25, 0.3) is 0 Å². The van der Waals surface area contributed by atoms with Crippen molar-refractivity contribution in [2.45, 2.75) is 6.92 Å². The number of carbonyl (C=O) groups excluding carboxylic acids is 1. The number of hydrogen-bond donors (Lipinski definition) is 2. The summed E-state index contributed by atoms with van der Waals surface area (Å²) in [5.74, 6) is -1.87. The number of rotatable bonds is 2. The maximum absolute atomic E-state index is 10.7. The Morgan fingerprint density at radius 1 is 1.50 bits per heavy atom. The molecular weight excluding hydrogens is 186 g/mol. The molecule has 0 aliphatic rings. The van der Waals surface area contributed by atoms with Crippen LogP contribution < -0.4 is 5.14 Å². The number of sulfonamides is 1. The highest BCUT2D eigenvalue weighted by Gasteiger charge is 2.25. The van der Waals surface area contributed by atoms with Gasteiger partial charge in [-0.25, -0.2) is 18.4 Å². The van der Waals surface area contributed by atoms with Gasteiger partial charge in [0.25, 0.3) is 0 Å². The molecule has 70 valence electrons. The molecule has 0 rings (SSSR count). The lowest BCUT2D eigenvalue weighted by atomic mass is 10.5. The van der Waals surface area contributed by atoms with Crippen LogP contribution in [0.15, 0.2) is 10.7 Å². The molecule has 0 radical (unpaired) electrons. The first-order valence-corrected chi connectivity index (χ1v) is 4.36.